The van der Waals surface area contributed by atoms with E-state index in [0.717, 1.165) is 16.5 Å². The Bertz CT molecular complexity index is 1180. The molecular formula is C20H17N5O4. The number of benzene rings is 2. The van der Waals surface area contributed by atoms with E-state index in [0.29, 0.717) is 28.5 Å². The maximum Gasteiger partial charge on any atom is 0.319 e. The van der Waals surface area contributed by atoms with Gasteiger partial charge in [-0.2, -0.15) is 5.10 Å². The molecule has 3 amide bonds. The molecule has 0 spiro atoms. The monoisotopic (exact) mass is 391 g/mol. The van der Waals surface area contributed by atoms with Crippen molar-refractivity contribution in [3.8, 4) is 11.5 Å². The quantitative estimate of drug-likeness (QED) is 0.547. The SMILES string of the molecule is CC1=C(C(=O)Nc2ccc3[nH]ncc3c2)C(c2ccc3c(c2)OCO3)NC(=O)N1. The van der Waals surface area contributed by atoms with Gasteiger partial charge in [-0.15, -0.1) is 0 Å². The minimum Gasteiger partial charge on any atom is -0.454 e. The third kappa shape index (κ3) is 3.02. The van der Waals surface area contributed by atoms with Gasteiger partial charge in [-0.25, -0.2) is 4.79 Å². The molecule has 0 fully saturated rings. The smallest absolute Gasteiger partial charge is 0.319 e. The van der Waals surface area contributed by atoms with Crippen molar-refractivity contribution in [1.29, 1.82) is 0 Å². The summed E-state index contributed by atoms with van der Waals surface area (Å²) < 4.78 is 10.8. The fourth-order valence-corrected chi connectivity index (χ4v) is 3.56. The summed E-state index contributed by atoms with van der Waals surface area (Å²) in [7, 11) is 0. The van der Waals surface area contributed by atoms with Gasteiger partial charge in [0.15, 0.2) is 11.5 Å². The van der Waals surface area contributed by atoms with Crippen LogP contribution in [0.2, 0.25) is 0 Å². The lowest BCUT2D eigenvalue weighted by Crippen LogP contribution is -2.45. The normalized spacial score (nSPS) is 17.8. The number of aromatic amines is 1. The van der Waals surface area contributed by atoms with E-state index < -0.39 is 6.04 Å². The number of hydrogen-bond acceptors (Lipinski definition) is 5. The lowest BCUT2D eigenvalue weighted by molar-refractivity contribution is -0.113. The zero-order valence-corrected chi connectivity index (χ0v) is 15.4. The molecule has 1 aromatic heterocycles. The van der Waals surface area contributed by atoms with Crippen molar-refractivity contribution in [3.05, 3.63) is 59.4 Å². The molecule has 0 aliphatic carbocycles. The summed E-state index contributed by atoms with van der Waals surface area (Å²) in [4.78, 5) is 25.2. The predicted molar refractivity (Wildman–Crippen MR) is 104 cm³/mol. The number of anilines is 1. The summed E-state index contributed by atoms with van der Waals surface area (Å²) in [6, 6.07) is 9.81. The van der Waals surface area contributed by atoms with Crippen LogP contribution in [0.5, 0.6) is 11.5 Å². The summed E-state index contributed by atoms with van der Waals surface area (Å²) in [5, 5.41) is 16.1. The van der Waals surface area contributed by atoms with Gasteiger partial charge >= 0.3 is 6.03 Å². The second-order valence-electron chi connectivity index (χ2n) is 6.81. The maximum atomic E-state index is 13.1. The number of carbonyl (C=O) groups is 2. The fraction of sp³-hybridized carbons (Fsp3) is 0.150. The molecule has 2 aliphatic rings. The first-order valence-electron chi connectivity index (χ1n) is 9.01. The second kappa shape index (κ2) is 6.55. The van der Waals surface area contributed by atoms with Crippen LogP contribution in [0.25, 0.3) is 10.9 Å². The number of H-pyrrole nitrogens is 1. The number of ether oxygens (including phenoxy) is 2. The van der Waals surface area contributed by atoms with Gasteiger partial charge in [0.25, 0.3) is 5.91 Å². The highest BCUT2D eigenvalue weighted by molar-refractivity contribution is 6.07. The first-order chi connectivity index (χ1) is 14.1. The Morgan fingerprint density at radius 3 is 2.93 bits per heavy atom. The van der Waals surface area contributed by atoms with E-state index in [9.17, 15) is 9.59 Å². The summed E-state index contributed by atoms with van der Waals surface area (Å²) in [5.74, 6) is 0.896. The molecule has 1 unspecified atom stereocenters. The maximum absolute atomic E-state index is 13.1. The van der Waals surface area contributed by atoms with Crippen molar-refractivity contribution in [3.63, 3.8) is 0 Å². The predicted octanol–water partition coefficient (Wildman–Crippen LogP) is 2.56. The minimum atomic E-state index is -0.629. The van der Waals surface area contributed by atoms with Gasteiger partial charge in [-0.1, -0.05) is 6.07 Å². The largest absolute Gasteiger partial charge is 0.454 e. The van der Waals surface area contributed by atoms with Gasteiger partial charge in [0.2, 0.25) is 6.79 Å². The molecule has 2 aromatic carbocycles. The highest BCUT2D eigenvalue weighted by Gasteiger charge is 2.32. The molecule has 29 heavy (non-hydrogen) atoms. The number of nitrogens with zero attached hydrogens (tertiary/aromatic N) is 1. The van der Waals surface area contributed by atoms with Crippen molar-refractivity contribution in [2.75, 3.05) is 12.1 Å². The first-order valence-corrected chi connectivity index (χ1v) is 9.01. The van der Waals surface area contributed by atoms with E-state index in [1.165, 1.54) is 0 Å². The van der Waals surface area contributed by atoms with Crippen molar-refractivity contribution < 1.29 is 19.1 Å². The standard InChI is InChI=1S/C20H17N5O4/c1-10-17(19(26)23-13-3-4-14-12(6-13)8-21-25-14)18(24-20(27)22-10)11-2-5-15-16(7-11)29-9-28-15/h2-8,18H,9H2,1H3,(H,21,25)(H,23,26)(H2,22,24,27). The Balaban J connectivity index is 1.48. The van der Waals surface area contributed by atoms with E-state index in [-0.39, 0.29) is 18.7 Å². The van der Waals surface area contributed by atoms with E-state index in [4.69, 9.17) is 9.47 Å². The topological polar surface area (TPSA) is 117 Å². The van der Waals surface area contributed by atoms with Crippen molar-refractivity contribution in [2.45, 2.75) is 13.0 Å². The van der Waals surface area contributed by atoms with Gasteiger partial charge < -0.3 is 25.4 Å². The van der Waals surface area contributed by atoms with Crippen molar-refractivity contribution >= 4 is 28.5 Å². The lowest BCUT2D eigenvalue weighted by Gasteiger charge is -2.28. The average Bonchev–Trinajstić information content (AvgIpc) is 3.35. The summed E-state index contributed by atoms with van der Waals surface area (Å²) in [6.07, 6.45) is 1.69. The molecule has 0 saturated heterocycles. The third-order valence-electron chi connectivity index (χ3n) is 4.94. The van der Waals surface area contributed by atoms with Gasteiger partial charge in [-0.3, -0.25) is 9.89 Å². The van der Waals surface area contributed by atoms with E-state index in [1.807, 2.05) is 18.2 Å². The number of urea groups is 1. The Morgan fingerprint density at radius 2 is 2.03 bits per heavy atom. The van der Waals surface area contributed by atoms with Crippen LogP contribution >= 0.6 is 0 Å². The number of fused-ring (bicyclic) bond motifs is 2. The Labute approximate surface area is 165 Å². The highest BCUT2D eigenvalue weighted by atomic mass is 16.7. The first kappa shape index (κ1) is 17.1. The number of amides is 3. The number of hydrogen-bond donors (Lipinski definition) is 4. The number of rotatable bonds is 3. The molecule has 4 N–H and O–H groups in total. The van der Waals surface area contributed by atoms with Gasteiger partial charge in [0, 0.05) is 16.8 Å². The molecule has 0 saturated carbocycles. The van der Waals surface area contributed by atoms with Gasteiger partial charge in [0.05, 0.1) is 23.3 Å². The highest BCUT2D eigenvalue weighted by Crippen LogP contribution is 2.37. The Hall–Kier alpha value is -4.01. The molecule has 2 aliphatic heterocycles. The molecular weight excluding hydrogens is 374 g/mol. The molecule has 146 valence electrons. The molecule has 0 radical (unpaired) electrons. The molecule has 1 atom stereocenters. The zero-order chi connectivity index (χ0) is 20.0. The zero-order valence-electron chi connectivity index (χ0n) is 15.4. The van der Waals surface area contributed by atoms with Crippen LogP contribution in [-0.2, 0) is 4.79 Å². The van der Waals surface area contributed by atoms with Crippen LogP contribution in [0.15, 0.2) is 53.9 Å². The van der Waals surface area contributed by atoms with E-state index >= 15 is 0 Å². The Kier molecular flexibility index (Phi) is 3.87. The number of aromatic nitrogens is 2. The van der Waals surface area contributed by atoms with Crippen LogP contribution < -0.4 is 25.4 Å². The second-order valence-corrected chi connectivity index (χ2v) is 6.81. The lowest BCUT2D eigenvalue weighted by atomic mass is 9.94. The molecule has 9 nitrogen and oxygen atoms in total. The molecule has 3 heterocycles. The van der Waals surface area contributed by atoms with Crippen LogP contribution in [0.1, 0.15) is 18.5 Å². The average molecular weight is 391 g/mol. The van der Waals surface area contributed by atoms with Crippen LogP contribution in [0.4, 0.5) is 10.5 Å². The van der Waals surface area contributed by atoms with Gasteiger partial charge in [0.1, 0.15) is 0 Å². The van der Waals surface area contributed by atoms with E-state index in [2.05, 4.69) is 26.1 Å². The molecule has 9 heteroatoms. The summed E-state index contributed by atoms with van der Waals surface area (Å²) in [5.41, 5.74) is 3.13. The molecule has 0 bridgehead atoms. The minimum absolute atomic E-state index is 0.149. The van der Waals surface area contributed by atoms with E-state index in [1.54, 1.807) is 31.3 Å². The fourth-order valence-electron chi connectivity index (χ4n) is 3.56. The summed E-state index contributed by atoms with van der Waals surface area (Å²) >= 11 is 0. The van der Waals surface area contributed by atoms with Crippen LogP contribution in [0.3, 0.4) is 0 Å². The van der Waals surface area contributed by atoms with Crippen LogP contribution in [-0.4, -0.2) is 28.9 Å². The summed E-state index contributed by atoms with van der Waals surface area (Å²) in [6.45, 7) is 1.85. The molecule has 5 rings (SSSR count). The number of allylic oxidation sites excluding steroid dienone is 1. The van der Waals surface area contributed by atoms with Gasteiger partial charge in [-0.05, 0) is 42.8 Å². The number of nitrogens with one attached hydrogen (secondary N) is 4. The Morgan fingerprint density at radius 1 is 1.17 bits per heavy atom. The van der Waals surface area contributed by atoms with Crippen LogP contribution in [0, 0.1) is 0 Å². The third-order valence-corrected chi connectivity index (χ3v) is 4.94. The van der Waals surface area contributed by atoms with Crippen molar-refractivity contribution in [2.24, 2.45) is 0 Å². The number of carbonyl (C=O) groups excluding carboxylic acids is 2. The molecule has 3 aromatic rings. The van der Waals surface area contributed by atoms with Crippen molar-refractivity contribution in [1.82, 2.24) is 20.8 Å².